The van der Waals surface area contributed by atoms with Crippen LogP contribution in [-0.4, -0.2) is 16.5 Å². The molecular formula is C19H18N4S. The van der Waals surface area contributed by atoms with Crippen LogP contribution in [0.2, 0.25) is 0 Å². The lowest BCUT2D eigenvalue weighted by atomic mass is 10.0. The number of fused-ring (bicyclic) bond motifs is 1. The van der Waals surface area contributed by atoms with Gasteiger partial charge in [-0.1, -0.05) is 24.3 Å². The number of H-pyrrole nitrogens is 1. The molecule has 120 valence electrons. The summed E-state index contributed by atoms with van der Waals surface area (Å²) in [6.07, 6.45) is 1.71. The molecule has 0 aliphatic heterocycles. The Morgan fingerprint density at radius 2 is 1.96 bits per heavy atom. The zero-order valence-corrected chi connectivity index (χ0v) is 13.9. The molecule has 0 spiro atoms. The number of imidazole rings is 1. The van der Waals surface area contributed by atoms with E-state index in [1.165, 1.54) is 16.7 Å². The molecule has 4 aromatic rings. The smallest absolute Gasteiger partial charge is 0.0931 e. The topological polar surface area (TPSA) is 66.7 Å². The average molecular weight is 334 g/mol. The molecule has 0 saturated carbocycles. The minimum absolute atomic E-state index is 0.0675. The Labute approximate surface area is 144 Å². The third kappa shape index (κ3) is 2.91. The van der Waals surface area contributed by atoms with Crippen molar-refractivity contribution in [1.82, 2.24) is 9.97 Å². The SMILES string of the molecule is NCC(Nc1ccc2[nH]cnc2c1)c1ccc(-c2ccsc2)cc1. The molecule has 2 aromatic heterocycles. The van der Waals surface area contributed by atoms with Crippen molar-refractivity contribution in [1.29, 1.82) is 0 Å². The third-order valence-electron chi connectivity index (χ3n) is 4.17. The van der Waals surface area contributed by atoms with Gasteiger partial charge in [-0.3, -0.25) is 0 Å². The Bertz CT molecular complexity index is 926. The van der Waals surface area contributed by atoms with Crippen molar-refractivity contribution >= 4 is 28.1 Å². The maximum absolute atomic E-state index is 6.00. The van der Waals surface area contributed by atoms with Gasteiger partial charge in [0.2, 0.25) is 0 Å². The first-order valence-electron chi connectivity index (χ1n) is 7.86. The summed E-state index contributed by atoms with van der Waals surface area (Å²) in [7, 11) is 0. The van der Waals surface area contributed by atoms with Crippen molar-refractivity contribution in [3.63, 3.8) is 0 Å². The summed E-state index contributed by atoms with van der Waals surface area (Å²) < 4.78 is 0. The van der Waals surface area contributed by atoms with E-state index < -0.39 is 0 Å². The molecule has 4 nitrogen and oxygen atoms in total. The molecule has 0 bridgehead atoms. The molecule has 0 amide bonds. The molecule has 1 unspecified atom stereocenters. The second kappa shape index (κ2) is 6.47. The van der Waals surface area contributed by atoms with Gasteiger partial charge in [-0.25, -0.2) is 4.98 Å². The highest BCUT2D eigenvalue weighted by Gasteiger charge is 2.10. The number of hydrogen-bond acceptors (Lipinski definition) is 4. The van der Waals surface area contributed by atoms with Crippen molar-refractivity contribution in [2.75, 3.05) is 11.9 Å². The number of nitrogens with two attached hydrogens (primary N) is 1. The van der Waals surface area contributed by atoms with E-state index in [-0.39, 0.29) is 6.04 Å². The van der Waals surface area contributed by atoms with Crippen molar-refractivity contribution in [3.8, 4) is 11.1 Å². The maximum Gasteiger partial charge on any atom is 0.0931 e. The fourth-order valence-electron chi connectivity index (χ4n) is 2.84. The van der Waals surface area contributed by atoms with Gasteiger partial charge in [0, 0.05) is 12.2 Å². The predicted octanol–water partition coefficient (Wildman–Crippen LogP) is 4.40. The lowest BCUT2D eigenvalue weighted by Crippen LogP contribution is -2.20. The molecule has 0 fully saturated rings. The number of anilines is 1. The van der Waals surface area contributed by atoms with E-state index in [1.54, 1.807) is 17.7 Å². The van der Waals surface area contributed by atoms with Gasteiger partial charge in [0.25, 0.3) is 0 Å². The summed E-state index contributed by atoms with van der Waals surface area (Å²) in [4.78, 5) is 7.40. The van der Waals surface area contributed by atoms with Crippen molar-refractivity contribution in [2.24, 2.45) is 5.73 Å². The lowest BCUT2D eigenvalue weighted by Gasteiger charge is -2.19. The first-order chi connectivity index (χ1) is 11.8. The molecule has 24 heavy (non-hydrogen) atoms. The van der Waals surface area contributed by atoms with E-state index in [4.69, 9.17) is 5.73 Å². The van der Waals surface area contributed by atoms with Gasteiger partial charge in [0.05, 0.1) is 23.4 Å². The maximum atomic E-state index is 6.00. The summed E-state index contributed by atoms with van der Waals surface area (Å²) >= 11 is 1.71. The highest BCUT2D eigenvalue weighted by Crippen LogP contribution is 2.26. The van der Waals surface area contributed by atoms with Gasteiger partial charge < -0.3 is 16.0 Å². The Balaban J connectivity index is 1.56. The van der Waals surface area contributed by atoms with Crippen LogP contribution in [0.1, 0.15) is 11.6 Å². The van der Waals surface area contributed by atoms with Gasteiger partial charge in [0.15, 0.2) is 0 Å². The zero-order valence-electron chi connectivity index (χ0n) is 13.1. The van der Waals surface area contributed by atoms with E-state index in [0.717, 1.165) is 16.7 Å². The minimum atomic E-state index is 0.0675. The molecular weight excluding hydrogens is 316 g/mol. The molecule has 4 rings (SSSR count). The highest BCUT2D eigenvalue weighted by atomic mass is 32.1. The van der Waals surface area contributed by atoms with Crippen LogP contribution >= 0.6 is 11.3 Å². The van der Waals surface area contributed by atoms with Crippen LogP contribution in [0.4, 0.5) is 5.69 Å². The third-order valence-corrected chi connectivity index (χ3v) is 4.85. The Morgan fingerprint density at radius 1 is 1.08 bits per heavy atom. The summed E-state index contributed by atoms with van der Waals surface area (Å²) in [6, 6.07) is 16.9. The van der Waals surface area contributed by atoms with Crippen LogP contribution in [0.5, 0.6) is 0 Å². The van der Waals surface area contributed by atoms with E-state index >= 15 is 0 Å². The summed E-state index contributed by atoms with van der Waals surface area (Å²) in [5.41, 5.74) is 12.7. The summed E-state index contributed by atoms with van der Waals surface area (Å²) in [5.74, 6) is 0. The molecule has 0 radical (unpaired) electrons. The van der Waals surface area contributed by atoms with Gasteiger partial charge in [-0.2, -0.15) is 11.3 Å². The zero-order chi connectivity index (χ0) is 16.4. The molecule has 4 N–H and O–H groups in total. The highest BCUT2D eigenvalue weighted by molar-refractivity contribution is 7.08. The van der Waals surface area contributed by atoms with Crippen LogP contribution in [0.25, 0.3) is 22.2 Å². The number of nitrogens with one attached hydrogen (secondary N) is 2. The molecule has 0 aliphatic carbocycles. The second-order valence-electron chi connectivity index (χ2n) is 5.70. The van der Waals surface area contributed by atoms with Crippen molar-refractivity contribution < 1.29 is 0 Å². The molecule has 2 heterocycles. The van der Waals surface area contributed by atoms with Crippen molar-refractivity contribution in [2.45, 2.75) is 6.04 Å². The predicted molar refractivity (Wildman–Crippen MR) is 101 cm³/mol. The molecule has 1 atom stereocenters. The van der Waals surface area contributed by atoms with Gasteiger partial charge >= 0.3 is 0 Å². The number of nitrogens with zero attached hydrogens (tertiary/aromatic N) is 1. The largest absolute Gasteiger partial charge is 0.377 e. The van der Waals surface area contributed by atoms with Gasteiger partial charge in [-0.05, 0) is 51.7 Å². The minimum Gasteiger partial charge on any atom is -0.377 e. The van der Waals surface area contributed by atoms with E-state index in [2.05, 4.69) is 56.4 Å². The van der Waals surface area contributed by atoms with E-state index in [0.29, 0.717) is 6.54 Å². The quantitative estimate of drug-likeness (QED) is 0.507. The normalized spacial score (nSPS) is 12.4. The monoisotopic (exact) mass is 334 g/mol. The average Bonchev–Trinajstić information content (AvgIpc) is 3.31. The van der Waals surface area contributed by atoms with E-state index in [9.17, 15) is 0 Å². The van der Waals surface area contributed by atoms with Gasteiger partial charge in [-0.15, -0.1) is 0 Å². The standard InChI is InChI=1S/C19H18N4S/c20-10-19(23-16-5-6-17-18(9-16)22-12-21-17)14-3-1-13(2-4-14)15-7-8-24-11-15/h1-9,11-12,19,23H,10,20H2,(H,21,22). The van der Waals surface area contributed by atoms with Crippen molar-refractivity contribution in [3.05, 3.63) is 71.2 Å². The molecule has 0 saturated heterocycles. The number of thiophene rings is 1. The number of benzene rings is 2. The number of hydrogen-bond donors (Lipinski definition) is 3. The number of aromatic nitrogens is 2. The number of rotatable bonds is 5. The van der Waals surface area contributed by atoms with Crippen LogP contribution in [0, 0.1) is 0 Å². The van der Waals surface area contributed by atoms with E-state index in [1.807, 2.05) is 18.2 Å². The fraction of sp³-hybridized carbons (Fsp3) is 0.105. The fourth-order valence-corrected chi connectivity index (χ4v) is 3.50. The van der Waals surface area contributed by atoms with Crippen LogP contribution in [0.15, 0.2) is 65.6 Å². The summed E-state index contributed by atoms with van der Waals surface area (Å²) in [5, 5.41) is 7.76. The molecule has 0 aliphatic rings. The Hall–Kier alpha value is -2.63. The first-order valence-corrected chi connectivity index (χ1v) is 8.80. The lowest BCUT2D eigenvalue weighted by molar-refractivity contribution is 0.790. The Kier molecular flexibility index (Phi) is 4.02. The van der Waals surface area contributed by atoms with Crippen LogP contribution in [-0.2, 0) is 0 Å². The number of aromatic amines is 1. The molecule has 2 aromatic carbocycles. The summed E-state index contributed by atoms with van der Waals surface area (Å²) in [6.45, 7) is 0.524. The first kappa shape index (κ1) is 14.9. The van der Waals surface area contributed by atoms with Gasteiger partial charge in [0.1, 0.15) is 0 Å². The van der Waals surface area contributed by atoms with Crippen LogP contribution < -0.4 is 11.1 Å². The van der Waals surface area contributed by atoms with Crippen LogP contribution in [0.3, 0.4) is 0 Å². The Morgan fingerprint density at radius 3 is 2.71 bits per heavy atom. The molecule has 5 heteroatoms. The second-order valence-corrected chi connectivity index (χ2v) is 6.48.